The third-order valence-corrected chi connectivity index (χ3v) is 4.92. The van der Waals surface area contributed by atoms with Gasteiger partial charge in [-0.3, -0.25) is 14.2 Å². The van der Waals surface area contributed by atoms with E-state index >= 15 is 0 Å². The Bertz CT molecular complexity index is 1160. The lowest BCUT2D eigenvalue weighted by Crippen LogP contribution is -2.25. The van der Waals surface area contributed by atoms with Crippen LogP contribution in [0.3, 0.4) is 0 Å². The first-order chi connectivity index (χ1) is 14.1. The molecule has 150 valence electrons. The fourth-order valence-corrected chi connectivity index (χ4v) is 3.38. The van der Waals surface area contributed by atoms with Crippen LogP contribution in [0, 0.1) is 6.92 Å². The predicted octanol–water partition coefficient (Wildman–Crippen LogP) is 2.59. The summed E-state index contributed by atoms with van der Waals surface area (Å²) in [6.07, 6.45) is 7.60. The monoisotopic (exact) mass is 412 g/mol. The van der Waals surface area contributed by atoms with Crippen LogP contribution in [-0.2, 0) is 13.1 Å². The zero-order valence-corrected chi connectivity index (χ0v) is 17.0. The molecule has 4 aromatic rings. The van der Waals surface area contributed by atoms with E-state index in [1.807, 2.05) is 30.8 Å². The highest BCUT2D eigenvalue weighted by molar-refractivity contribution is 6.30. The summed E-state index contributed by atoms with van der Waals surface area (Å²) in [6.45, 7) is 6.03. The minimum absolute atomic E-state index is 0.235. The average Bonchev–Trinajstić information content (AvgIpc) is 3.42. The highest BCUT2D eigenvalue weighted by Gasteiger charge is 2.16. The number of rotatable bonds is 7. The first kappa shape index (κ1) is 19.1. The molecule has 1 amide bonds. The molecular formula is C19H21ClN8O. The summed E-state index contributed by atoms with van der Waals surface area (Å²) < 4.78 is 5.35. The maximum atomic E-state index is 12.5. The van der Waals surface area contributed by atoms with Gasteiger partial charge in [0.05, 0.1) is 23.1 Å². The number of aromatic nitrogens is 7. The van der Waals surface area contributed by atoms with Gasteiger partial charge in [0.25, 0.3) is 5.91 Å². The molecule has 29 heavy (non-hydrogen) atoms. The summed E-state index contributed by atoms with van der Waals surface area (Å²) in [4.78, 5) is 16.9. The van der Waals surface area contributed by atoms with Crippen LogP contribution >= 0.6 is 11.6 Å². The Balaban J connectivity index is 1.48. The first-order valence-electron chi connectivity index (χ1n) is 9.40. The number of hydrogen-bond acceptors (Lipinski definition) is 5. The molecule has 0 saturated carbocycles. The number of carbonyl (C=O) groups excluding carboxylic acids is 1. The highest BCUT2D eigenvalue weighted by Crippen LogP contribution is 2.23. The summed E-state index contributed by atoms with van der Waals surface area (Å²) in [7, 11) is 0. The average molecular weight is 413 g/mol. The number of hydrogen-bond donors (Lipinski definition) is 1. The van der Waals surface area contributed by atoms with Crippen LogP contribution in [0.15, 0.2) is 36.9 Å². The molecule has 0 aliphatic rings. The van der Waals surface area contributed by atoms with E-state index in [9.17, 15) is 4.79 Å². The van der Waals surface area contributed by atoms with Crippen LogP contribution in [0.1, 0.15) is 29.5 Å². The molecule has 0 spiro atoms. The zero-order valence-electron chi connectivity index (χ0n) is 16.2. The summed E-state index contributed by atoms with van der Waals surface area (Å²) in [6, 6.07) is 3.56. The number of nitrogens with one attached hydrogen (secondary N) is 1. The SMILES string of the molecule is CCn1ncc(-c2ccnc3cc(C(=O)NCCCn4cc(Cl)cn4)nn23)c1C. The van der Waals surface area contributed by atoms with Crippen molar-refractivity contribution in [3.8, 4) is 11.3 Å². The van der Waals surface area contributed by atoms with E-state index in [2.05, 4.69) is 25.6 Å². The van der Waals surface area contributed by atoms with Crippen LogP contribution in [0.5, 0.6) is 0 Å². The second kappa shape index (κ2) is 8.04. The van der Waals surface area contributed by atoms with Crippen molar-refractivity contribution in [2.45, 2.75) is 33.4 Å². The Kier molecular flexibility index (Phi) is 5.30. The number of aryl methyl sites for hydroxylation is 2. The Labute approximate surface area is 172 Å². The largest absolute Gasteiger partial charge is 0.351 e. The molecule has 0 aliphatic heterocycles. The number of nitrogens with zero attached hydrogens (tertiary/aromatic N) is 7. The molecule has 1 N–H and O–H groups in total. The molecule has 0 saturated heterocycles. The topological polar surface area (TPSA) is 94.9 Å². The Morgan fingerprint density at radius 3 is 2.86 bits per heavy atom. The molecule has 10 heteroatoms. The molecule has 0 fully saturated rings. The van der Waals surface area contributed by atoms with Crippen molar-refractivity contribution in [1.82, 2.24) is 39.5 Å². The molecule has 0 aromatic carbocycles. The van der Waals surface area contributed by atoms with Gasteiger partial charge in [-0.25, -0.2) is 9.50 Å². The second-order valence-electron chi connectivity index (χ2n) is 6.62. The number of carbonyl (C=O) groups is 1. The van der Waals surface area contributed by atoms with Gasteiger partial charge >= 0.3 is 0 Å². The molecule has 0 aliphatic carbocycles. The summed E-state index contributed by atoms with van der Waals surface area (Å²) >= 11 is 5.84. The lowest BCUT2D eigenvalue weighted by Gasteiger charge is -2.05. The van der Waals surface area contributed by atoms with Gasteiger partial charge in [0.15, 0.2) is 11.3 Å². The van der Waals surface area contributed by atoms with Crippen molar-refractivity contribution in [2.75, 3.05) is 6.54 Å². The van der Waals surface area contributed by atoms with Gasteiger partial charge in [0.2, 0.25) is 0 Å². The Morgan fingerprint density at radius 1 is 1.28 bits per heavy atom. The quantitative estimate of drug-likeness (QED) is 0.471. The van der Waals surface area contributed by atoms with Gasteiger partial charge < -0.3 is 5.32 Å². The number of amides is 1. The normalized spacial score (nSPS) is 11.3. The van der Waals surface area contributed by atoms with Crippen molar-refractivity contribution < 1.29 is 4.79 Å². The molecule has 0 radical (unpaired) electrons. The third kappa shape index (κ3) is 3.86. The molecular weight excluding hydrogens is 392 g/mol. The van der Waals surface area contributed by atoms with Crippen molar-refractivity contribution in [3.05, 3.63) is 53.3 Å². The smallest absolute Gasteiger partial charge is 0.271 e. The Morgan fingerprint density at radius 2 is 2.14 bits per heavy atom. The van der Waals surface area contributed by atoms with Crippen LogP contribution in [-0.4, -0.2) is 46.6 Å². The van der Waals surface area contributed by atoms with Gasteiger partial charge in [-0.2, -0.15) is 15.3 Å². The third-order valence-electron chi connectivity index (χ3n) is 4.72. The molecule has 4 heterocycles. The van der Waals surface area contributed by atoms with E-state index in [0.29, 0.717) is 29.5 Å². The summed E-state index contributed by atoms with van der Waals surface area (Å²) in [5.41, 5.74) is 3.80. The van der Waals surface area contributed by atoms with Gasteiger partial charge in [0, 0.05) is 49.4 Å². The molecule has 4 rings (SSSR count). The number of halogens is 1. The van der Waals surface area contributed by atoms with Crippen molar-refractivity contribution >= 4 is 23.2 Å². The highest BCUT2D eigenvalue weighted by atomic mass is 35.5. The van der Waals surface area contributed by atoms with Crippen LogP contribution in [0.2, 0.25) is 5.02 Å². The zero-order chi connectivity index (χ0) is 20.4. The van der Waals surface area contributed by atoms with Gasteiger partial charge in [0.1, 0.15) is 0 Å². The summed E-state index contributed by atoms with van der Waals surface area (Å²) in [5.74, 6) is -0.235. The van der Waals surface area contributed by atoms with E-state index in [-0.39, 0.29) is 5.91 Å². The fourth-order valence-electron chi connectivity index (χ4n) is 3.22. The minimum Gasteiger partial charge on any atom is -0.351 e. The molecule has 0 unspecified atom stereocenters. The first-order valence-corrected chi connectivity index (χ1v) is 9.78. The fraction of sp³-hybridized carbons (Fsp3) is 0.316. The minimum atomic E-state index is -0.235. The predicted molar refractivity (Wildman–Crippen MR) is 109 cm³/mol. The second-order valence-corrected chi connectivity index (χ2v) is 7.06. The molecule has 4 aromatic heterocycles. The van der Waals surface area contributed by atoms with Crippen LogP contribution in [0.25, 0.3) is 16.9 Å². The van der Waals surface area contributed by atoms with Crippen LogP contribution < -0.4 is 5.32 Å². The standard InChI is InChI=1S/C19H21ClN8O/c1-3-27-13(2)15(11-24-27)17-5-7-21-18-9-16(25-28(17)18)19(29)22-6-4-8-26-12-14(20)10-23-26/h5,7,9-12H,3-4,6,8H2,1-2H3,(H,22,29). The summed E-state index contributed by atoms with van der Waals surface area (Å²) in [5, 5.41) is 16.5. The van der Waals surface area contributed by atoms with Crippen LogP contribution in [0.4, 0.5) is 0 Å². The van der Waals surface area contributed by atoms with Gasteiger partial charge in [-0.15, -0.1) is 0 Å². The van der Waals surface area contributed by atoms with E-state index < -0.39 is 0 Å². The maximum absolute atomic E-state index is 12.5. The van der Waals surface area contributed by atoms with E-state index in [4.69, 9.17) is 11.6 Å². The van der Waals surface area contributed by atoms with E-state index in [0.717, 1.165) is 29.9 Å². The van der Waals surface area contributed by atoms with Gasteiger partial charge in [-0.1, -0.05) is 11.6 Å². The molecule has 9 nitrogen and oxygen atoms in total. The lowest BCUT2D eigenvalue weighted by atomic mass is 10.2. The van der Waals surface area contributed by atoms with E-state index in [1.165, 1.54) is 0 Å². The molecule has 0 atom stereocenters. The number of fused-ring (bicyclic) bond motifs is 1. The van der Waals surface area contributed by atoms with Gasteiger partial charge in [-0.05, 0) is 26.3 Å². The maximum Gasteiger partial charge on any atom is 0.271 e. The lowest BCUT2D eigenvalue weighted by molar-refractivity contribution is 0.0947. The van der Waals surface area contributed by atoms with Crippen molar-refractivity contribution in [1.29, 1.82) is 0 Å². The van der Waals surface area contributed by atoms with Crippen molar-refractivity contribution in [3.63, 3.8) is 0 Å². The molecule has 0 bridgehead atoms. The van der Waals surface area contributed by atoms with E-state index in [1.54, 1.807) is 33.9 Å². The Hall–Kier alpha value is -3.20. The van der Waals surface area contributed by atoms with Crippen molar-refractivity contribution in [2.24, 2.45) is 0 Å².